The molecule has 0 aliphatic rings. The van der Waals surface area contributed by atoms with E-state index in [0.717, 1.165) is 6.42 Å². The minimum atomic E-state index is -0.166. The van der Waals surface area contributed by atoms with E-state index in [1.807, 2.05) is 12.3 Å². The molecule has 5 heteroatoms. The Balaban J connectivity index is 2.12. The molecule has 0 unspecified atom stereocenters. The maximum absolute atomic E-state index is 12.3. The third-order valence-corrected chi connectivity index (χ3v) is 4.17. The van der Waals surface area contributed by atoms with Gasteiger partial charge in [0, 0.05) is 4.88 Å². The summed E-state index contributed by atoms with van der Waals surface area (Å²) in [5.74, 6) is 0.292. The number of nitrogens with two attached hydrogens (primary N) is 1. The van der Waals surface area contributed by atoms with Crippen LogP contribution in [0.3, 0.4) is 0 Å². The van der Waals surface area contributed by atoms with Crippen LogP contribution in [0.2, 0.25) is 0 Å². The Kier molecular flexibility index (Phi) is 5.22. The number of nitrogen functional groups attached to an aromatic ring is 1. The minimum Gasteiger partial charge on any atom is -0.491 e. The summed E-state index contributed by atoms with van der Waals surface area (Å²) in [6.07, 6.45) is 0.969. The van der Waals surface area contributed by atoms with Gasteiger partial charge in [-0.3, -0.25) is 4.79 Å². The maximum Gasteiger partial charge on any atom is 0.255 e. The molecule has 1 aromatic heterocycles. The second-order valence-corrected chi connectivity index (χ2v) is 5.56. The van der Waals surface area contributed by atoms with Crippen molar-refractivity contribution in [2.24, 2.45) is 0 Å². The molecule has 1 aromatic carbocycles. The summed E-state index contributed by atoms with van der Waals surface area (Å²) in [6.45, 7) is 4.98. The molecule has 21 heavy (non-hydrogen) atoms. The average molecular weight is 304 g/mol. The highest BCUT2D eigenvalue weighted by atomic mass is 32.1. The van der Waals surface area contributed by atoms with Gasteiger partial charge in [-0.15, -0.1) is 11.3 Å². The van der Waals surface area contributed by atoms with Crippen molar-refractivity contribution in [1.82, 2.24) is 5.32 Å². The van der Waals surface area contributed by atoms with Crippen molar-refractivity contribution in [3.05, 3.63) is 45.6 Å². The fraction of sp³-hybridized carbons (Fsp3) is 0.312. The van der Waals surface area contributed by atoms with E-state index in [1.165, 1.54) is 10.4 Å². The molecular formula is C16H20N2O2S. The minimum absolute atomic E-state index is 0.166. The smallest absolute Gasteiger partial charge is 0.255 e. The topological polar surface area (TPSA) is 64.3 Å². The van der Waals surface area contributed by atoms with Crippen LogP contribution in [-0.2, 0) is 13.0 Å². The van der Waals surface area contributed by atoms with Crippen molar-refractivity contribution in [1.29, 1.82) is 0 Å². The molecule has 0 saturated heterocycles. The first kappa shape index (κ1) is 15.4. The first-order valence-electron chi connectivity index (χ1n) is 7.02. The molecule has 0 aliphatic carbocycles. The van der Waals surface area contributed by atoms with Crippen LogP contribution in [0, 0.1) is 0 Å². The number of thiophene rings is 1. The molecule has 3 N–H and O–H groups in total. The first-order valence-corrected chi connectivity index (χ1v) is 7.90. The van der Waals surface area contributed by atoms with Crippen LogP contribution in [0.5, 0.6) is 5.75 Å². The average Bonchev–Trinajstić information content (AvgIpc) is 2.94. The van der Waals surface area contributed by atoms with Crippen LogP contribution in [-0.4, -0.2) is 12.5 Å². The summed E-state index contributed by atoms with van der Waals surface area (Å²) < 4.78 is 5.49. The first-order chi connectivity index (χ1) is 10.2. The molecule has 0 aliphatic heterocycles. The van der Waals surface area contributed by atoms with Gasteiger partial charge in [0.2, 0.25) is 0 Å². The summed E-state index contributed by atoms with van der Waals surface area (Å²) >= 11 is 1.66. The van der Waals surface area contributed by atoms with Crippen molar-refractivity contribution < 1.29 is 9.53 Å². The van der Waals surface area contributed by atoms with E-state index in [-0.39, 0.29) is 5.91 Å². The molecule has 0 atom stereocenters. The highest BCUT2D eigenvalue weighted by molar-refractivity contribution is 7.10. The van der Waals surface area contributed by atoms with E-state index in [9.17, 15) is 4.79 Å². The molecule has 0 saturated carbocycles. The summed E-state index contributed by atoms with van der Waals surface area (Å²) in [6, 6.07) is 7.32. The standard InChI is InChI=1S/C16H20N2O2S/c1-3-11-8-9-21-14(11)10-18-16(19)12-6-5-7-13(17)15(12)20-4-2/h5-9H,3-4,10,17H2,1-2H3,(H,18,19). The molecule has 1 amide bonds. The quantitative estimate of drug-likeness (QED) is 0.805. The summed E-state index contributed by atoms with van der Waals surface area (Å²) in [5.41, 5.74) is 8.11. The van der Waals surface area contributed by atoms with Crippen molar-refractivity contribution in [2.45, 2.75) is 26.8 Å². The van der Waals surface area contributed by atoms with Crippen LogP contribution in [0.4, 0.5) is 5.69 Å². The summed E-state index contributed by atoms with van der Waals surface area (Å²) in [7, 11) is 0. The zero-order valence-corrected chi connectivity index (χ0v) is 13.1. The predicted octanol–water partition coefficient (Wildman–Crippen LogP) is 3.22. The van der Waals surface area contributed by atoms with Gasteiger partial charge < -0.3 is 15.8 Å². The number of carbonyl (C=O) groups is 1. The maximum atomic E-state index is 12.3. The lowest BCUT2D eigenvalue weighted by Gasteiger charge is -2.12. The number of carbonyl (C=O) groups excluding carboxylic acids is 1. The number of aryl methyl sites for hydroxylation is 1. The number of para-hydroxylation sites is 1. The number of anilines is 1. The molecule has 2 aromatic rings. The van der Waals surface area contributed by atoms with Crippen LogP contribution < -0.4 is 15.8 Å². The third-order valence-electron chi connectivity index (χ3n) is 3.21. The van der Waals surface area contributed by atoms with Crippen LogP contribution >= 0.6 is 11.3 Å². The second kappa shape index (κ2) is 7.13. The molecule has 0 radical (unpaired) electrons. The lowest BCUT2D eigenvalue weighted by atomic mass is 10.1. The molecule has 0 bridgehead atoms. The SMILES string of the molecule is CCOc1c(N)cccc1C(=O)NCc1sccc1CC. The Morgan fingerprint density at radius 1 is 1.33 bits per heavy atom. The van der Waals surface area contributed by atoms with E-state index in [1.54, 1.807) is 29.5 Å². The molecule has 112 valence electrons. The van der Waals surface area contributed by atoms with Gasteiger partial charge in [0.05, 0.1) is 24.4 Å². The van der Waals surface area contributed by atoms with Crippen LogP contribution in [0.1, 0.15) is 34.6 Å². The summed E-state index contributed by atoms with van der Waals surface area (Å²) in [5, 5.41) is 4.99. The Hall–Kier alpha value is -2.01. The molecule has 0 fully saturated rings. The highest BCUT2D eigenvalue weighted by Gasteiger charge is 2.15. The largest absolute Gasteiger partial charge is 0.491 e. The molecule has 2 rings (SSSR count). The van der Waals surface area contributed by atoms with Gasteiger partial charge in [0.15, 0.2) is 5.75 Å². The monoisotopic (exact) mass is 304 g/mol. The zero-order valence-electron chi connectivity index (χ0n) is 12.3. The number of rotatable bonds is 6. The van der Waals surface area contributed by atoms with E-state index < -0.39 is 0 Å². The Morgan fingerprint density at radius 3 is 2.86 bits per heavy atom. The fourth-order valence-corrected chi connectivity index (χ4v) is 3.05. The molecule has 0 spiro atoms. The number of hydrogen-bond acceptors (Lipinski definition) is 4. The predicted molar refractivity (Wildman–Crippen MR) is 86.9 cm³/mol. The lowest BCUT2D eigenvalue weighted by Crippen LogP contribution is -2.23. The number of benzene rings is 1. The number of hydrogen-bond donors (Lipinski definition) is 2. The van der Waals surface area contributed by atoms with E-state index in [4.69, 9.17) is 10.5 Å². The van der Waals surface area contributed by atoms with Gasteiger partial charge in [-0.05, 0) is 42.5 Å². The highest BCUT2D eigenvalue weighted by Crippen LogP contribution is 2.26. The van der Waals surface area contributed by atoms with Gasteiger partial charge in [0.1, 0.15) is 0 Å². The Labute approximate surface area is 128 Å². The summed E-state index contributed by atoms with van der Waals surface area (Å²) in [4.78, 5) is 13.5. The van der Waals surface area contributed by atoms with Gasteiger partial charge in [-0.2, -0.15) is 0 Å². The zero-order chi connectivity index (χ0) is 15.2. The van der Waals surface area contributed by atoms with Crippen LogP contribution in [0.25, 0.3) is 0 Å². The van der Waals surface area contributed by atoms with E-state index in [0.29, 0.717) is 30.2 Å². The fourth-order valence-electron chi connectivity index (χ4n) is 2.13. The van der Waals surface area contributed by atoms with Crippen molar-refractivity contribution in [3.8, 4) is 5.75 Å². The van der Waals surface area contributed by atoms with Gasteiger partial charge >= 0.3 is 0 Å². The number of nitrogens with one attached hydrogen (secondary N) is 1. The number of amides is 1. The third kappa shape index (κ3) is 3.55. The normalized spacial score (nSPS) is 10.4. The second-order valence-electron chi connectivity index (χ2n) is 4.56. The number of ether oxygens (including phenoxy) is 1. The molecular weight excluding hydrogens is 284 g/mol. The van der Waals surface area contributed by atoms with Gasteiger partial charge in [0.25, 0.3) is 5.91 Å². The van der Waals surface area contributed by atoms with Crippen molar-refractivity contribution >= 4 is 22.9 Å². The Bertz CT molecular complexity index is 622. The van der Waals surface area contributed by atoms with Gasteiger partial charge in [-0.25, -0.2) is 0 Å². The van der Waals surface area contributed by atoms with Crippen LogP contribution in [0.15, 0.2) is 29.6 Å². The lowest BCUT2D eigenvalue weighted by molar-refractivity contribution is 0.0947. The Morgan fingerprint density at radius 2 is 2.14 bits per heavy atom. The van der Waals surface area contributed by atoms with E-state index >= 15 is 0 Å². The van der Waals surface area contributed by atoms with Crippen molar-refractivity contribution in [3.63, 3.8) is 0 Å². The van der Waals surface area contributed by atoms with E-state index in [2.05, 4.69) is 18.3 Å². The van der Waals surface area contributed by atoms with Gasteiger partial charge in [-0.1, -0.05) is 13.0 Å². The molecule has 1 heterocycles. The molecule has 4 nitrogen and oxygen atoms in total. The van der Waals surface area contributed by atoms with Crippen molar-refractivity contribution in [2.75, 3.05) is 12.3 Å².